The van der Waals surface area contributed by atoms with Crippen LogP contribution in [0.15, 0.2) is 49.1 Å². The minimum absolute atomic E-state index is 0.0387. The quantitative estimate of drug-likeness (QED) is 0.666. The first kappa shape index (κ1) is 19.3. The maximum absolute atomic E-state index is 13.2. The number of nitrogens with one attached hydrogen (secondary N) is 1. The fraction of sp³-hybridized carbons (Fsp3) is 0.476. The second-order valence-corrected chi connectivity index (χ2v) is 8.05. The number of rotatable bonds is 7. The Balaban J connectivity index is 1.54. The van der Waals surface area contributed by atoms with Crippen LogP contribution >= 0.6 is 0 Å². The molecule has 8 heteroatoms. The molecule has 4 rings (SSSR count). The van der Waals surface area contributed by atoms with Gasteiger partial charge in [-0.05, 0) is 34.2 Å². The molecule has 1 aromatic carbocycles. The third-order valence-corrected chi connectivity index (χ3v) is 5.89. The number of benzene rings is 1. The highest BCUT2D eigenvalue weighted by molar-refractivity contribution is 5.77. The Bertz CT molecular complexity index is 914. The summed E-state index contributed by atoms with van der Waals surface area (Å²) in [7, 11) is 1.95. The lowest BCUT2D eigenvalue weighted by Crippen LogP contribution is -2.38. The predicted molar refractivity (Wildman–Crippen MR) is 108 cm³/mol. The lowest BCUT2D eigenvalue weighted by molar-refractivity contribution is -0.125. The van der Waals surface area contributed by atoms with Crippen LogP contribution in [0.2, 0.25) is 0 Å². The van der Waals surface area contributed by atoms with Crippen LogP contribution in [0.1, 0.15) is 56.0 Å². The van der Waals surface area contributed by atoms with Crippen molar-refractivity contribution < 1.29 is 4.79 Å². The van der Waals surface area contributed by atoms with Gasteiger partial charge in [-0.2, -0.15) is 0 Å². The summed E-state index contributed by atoms with van der Waals surface area (Å²) in [5.41, 5.74) is 0.911. The molecule has 1 atom stereocenters. The molecule has 1 aliphatic rings. The fourth-order valence-electron chi connectivity index (χ4n) is 4.44. The highest BCUT2D eigenvalue weighted by Gasteiger charge is 2.36. The normalized spacial score (nSPS) is 17.0. The molecule has 1 N–H and O–H groups in total. The molecule has 1 amide bonds. The average molecular weight is 393 g/mol. The zero-order chi connectivity index (χ0) is 20.1. The van der Waals surface area contributed by atoms with Gasteiger partial charge in [-0.15, -0.1) is 5.10 Å². The summed E-state index contributed by atoms with van der Waals surface area (Å²) in [6, 6.07) is 9.71. The van der Waals surface area contributed by atoms with Crippen LogP contribution in [0.4, 0.5) is 0 Å². The molecular formula is C21H27N7O. The van der Waals surface area contributed by atoms with Gasteiger partial charge in [-0.3, -0.25) is 4.79 Å². The molecule has 0 bridgehead atoms. The lowest BCUT2D eigenvalue weighted by atomic mass is 9.71. The summed E-state index contributed by atoms with van der Waals surface area (Å²) in [6.07, 6.45) is 11.3. The molecule has 1 fully saturated rings. The van der Waals surface area contributed by atoms with E-state index in [4.69, 9.17) is 0 Å². The Kier molecular flexibility index (Phi) is 5.69. The number of carbonyl (C=O) groups is 1. The number of hydrogen-bond acceptors (Lipinski definition) is 5. The molecule has 0 saturated heterocycles. The van der Waals surface area contributed by atoms with Gasteiger partial charge in [0.25, 0.3) is 0 Å². The van der Waals surface area contributed by atoms with Gasteiger partial charge in [0.2, 0.25) is 5.91 Å². The van der Waals surface area contributed by atoms with Gasteiger partial charge in [-0.25, -0.2) is 9.67 Å². The van der Waals surface area contributed by atoms with Crippen molar-refractivity contribution in [2.45, 2.75) is 51.1 Å². The first-order chi connectivity index (χ1) is 14.2. The van der Waals surface area contributed by atoms with Crippen molar-refractivity contribution in [2.75, 3.05) is 0 Å². The molecule has 0 spiro atoms. The molecule has 2 aromatic heterocycles. The fourth-order valence-corrected chi connectivity index (χ4v) is 4.44. The summed E-state index contributed by atoms with van der Waals surface area (Å²) in [5.74, 6) is 0.861. The third-order valence-electron chi connectivity index (χ3n) is 5.89. The van der Waals surface area contributed by atoms with E-state index in [-0.39, 0.29) is 17.4 Å². The Morgan fingerprint density at radius 1 is 1.21 bits per heavy atom. The predicted octanol–water partition coefficient (Wildman–Crippen LogP) is 2.65. The molecule has 152 valence electrons. The largest absolute Gasteiger partial charge is 0.342 e. The van der Waals surface area contributed by atoms with Gasteiger partial charge in [0.1, 0.15) is 18.2 Å². The summed E-state index contributed by atoms with van der Waals surface area (Å²) >= 11 is 0. The van der Waals surface area contributed by atoms with Gasteiger partial charge in [0, 0.05) is 25.9 Å². The number of carbonyl (C=O) groups excluding carboxylic acids is 1. The molecule has 0 aliphatic heterocycles. The first-order valence-corrected chi connectivity index (χ1v) is 10.2. The molecule has 8 nitrogen and oxygen atoms in total. The van der Waals surface area contributed by atoms with Crippen LogP contribution in [0.3, 0.4) is 0 Å². The number of imidazole rings is 1. The lowest BCUT2D eigenvalue weighted by Gasteiger charge is -2.36. The van der Waals surface area contributed by atoms with E-state index in [1.54, 1.807) is 17.2 Å². The molecule has 3 aromatic rings. The SMILES string of the molecule is Cn1ccnc1[C@H](NC(=O)CC1(Cn2cnnn2)CCCCC1)c1ccccc1. The number of tetrazole rings is 1. The number of hydrogen-bond donors (Lipinski definition) is 1. The van der Waals surface area contributed by atoms with Crippen molar-refractivity contribution in [1.29, 1.82) is 0 Å². The first-order valence-electron chi connectivity index (χ1n) is 10.2. The van der Waals surface area contributed by atoms with Gasteiger partial charge in [0.15, 0.2) is 0 Å². The Morgan fingerprint density at radius 2 is 2.00 bits per heavy atom. The van der Waals surface area contributed by atoms with Crippen molar-refractivity contribution in [2.24, 2.45) is 12.5 Å². The van der Waals surface area contributed by atoms with Gasteiger partial charge in [-0.1, -0.05) is 49.6 Å². The molecular weight excluding hydrogens is 366 g/mol. The third kappa shape index (κ3) is 4.52. The molecule has 1 saturated carbocycles. The van der Waals surface area contributed by atoms with Crippen molar-refractivity contribution >= 4 is 5.91 Å². The van der Waals surface area contributed by atoms with Gasteiger partial charge < -0.3 is 9.88 Å². The van der Waals surface area contributed by atoms with Crippen molar-refractivity contribution in [3.8, 4) is 0 Å². The van der Waals surface area contributed by atoms with Crippen molar-refractivity contribution in [3.63, 3.8) is 0 Å². The monoisotopic (exact) mass is 393 g/mol. The topological polar surface area (TPSA) is 90.5 Å². The summed E-state index contributed by atoms with van der Waals surface area (Å²) < 4.78 is 3.71. The summed E-state index contributed by atoms with van der Waals surface area (Å²) in [4.78, 5) is 17.7. The minimum Gasteiger partial charge on any atom is -0.342 e. The summed E-state index contributed by atoms with van der Waals surface area (Å²) in [6.45, 7) is 0.672. The minimum atomic E-state index is -0.280. The smallest absolute Gasteiger partial charge is 0.221 e. The molecule has 1 aliphatic carbocycles. The van der Waals surface area contributed by atoms with Crippen LogP contribution in [0.5, 0.6) is 0 Å². The number of aryl methyl sites for hydroxylation is 1. The zero-order valence-electron chi connectivity index (χ0n) is 16.7. The average Bonchev–Trinajstić information content (AvgIpc) is 3.39. The second kappa shape index (κ2) is 8.55. The highest BCUT2D eigenvalue weighted by Crippen LogP contribution is 2.41. The van der Waals surface area contributed by atoms with Crippen molar-refractivity contribution in [3.05, 3.63) is 60.4 Å². The molecule has 29 heavy (non-hydrogen) atoms. The molecule has 0 radical (unpaired) electrons. The van der Waals surface area contributed by atoms with Crippen LogP contribution in [0.25, 0.3) is 0 Å². The van der Waals surface area contributed by atoms with E-state index in [9.17, 15) is 4.79 Å². The Hall–Kier alpha value is -3.03. The van der Waals surface area contributed by atoms with E-state index in [1.165, 1.54) is 6.42 Å². The maximum Gasteiger partial charge on any atom is 0.221 e. The summed E-state index contributed by atoms with van der Waals surface area (Å²) in [5, 5.41) is 14.8. The van der Waals surface area contributed by atoms with E-state index in [2.05, 4.69) is 25.8 Å². The zero-order valence-corrected chi connectivity index (χ0v) is 16.7. The van der Waals surface area contributed by atoms with Gasteiger partial charge in [0.05, 0.1) is 6.54 Å². The van der Waals surface area contributed by atoms with Crippen LogP contribution in [0, 0.1) is 5.41 Å². The number of aromatic nitrogens is 6. The number of nitrogens with zero attached hydrogens (tertiary/aromatic N) is 6. The van der Waals surface area contributed by atoms with E-state index in [0.29, 0.717) is 13.0 Å². The van der Waals surface area contributed by atoms with E-state index >= 15 is 0 Å². The second-order valence-electron chi connectivity index (χ2n) is 8.05. The van der Waals surface area contributed by atoms with E-state index in [1.807, 2.05) is 48.1 Å². The Labute approximate surface area is 170 Å². The number of amides is 1. The van der Waals surface area contributed by atoms with Crippen LogP contribution < -0.4 is 5.32 Å². The maximum atomic E-state index is 13.2. The van der Waals surface area contributed by atoms with Crippen LogP contribution in [-0.4, -0.2) is 35.7 Å². The molecule has 2 heterocycles. The van der Waals surface area contributed by atoms with E-state index < -0.39 is 0 Å². The van der Waals surface area contributed by atoms with Crippen molar-refractivity contribution in [1.82, 2.24) is 35.1 Å². The van der Waals surface area contributed by atoms with Gasteiger partial charge >= 0.3 is 0 Å². The highest BCUT2D eigenvalue weighted by atomic mass is 16.1. The van der Waals surface area contributed by atoms with E-state index in [0.717, 1.165) is 37.1 Å². The standard InChI is InChI=1S/C21H27N7O/c1-27-13-12-22-20(27)19(17-8-4-2-5-9-17)24-18(29)14-21(10-6-3-7-11-21)15-28-16-23-25-26-28/h2,4-5,8-9,12-13,16,19H,3,6-7,10-11,14-15H2,1H3,(H,24,29)/t19-/m1/s1. The van der Waals surface area contributed by atoms with Crippen LogP contribution in [-0.2, 0) is 18.4 Å². The molecule has 0 unspecified atom stereocenters. The Morgan fingerprint density at radius 3 is 2.66 bits per heavy atom.